The van der Waals surface area contributed by atoms with Crippen molar-refractivity contribution in [3.05, 3.63) is 84.9 Å². The Kier molecular flexibility index (Phi) is 4.81. The van der Waals surface area contributed by atoms with Gasteiger partial charge in [0, 0.05) is 23.8 Å². The standard InChI is InChI=1S/C21H17N.C2H6/c1-22(17-10-3-2-4-11-17)21-15-16-9-5-6-12-18(16)19-13-7-8-14-20(19)21;1-2/h2-15H,1H3;1-2H3. The van der Waals surface area contributed by atoms with Crippen molar-refractivity contribution in [2.45, 2.75) is 13.8 Å². The van der Waals surface area contributed by atoms with E-state index in [0.717, 1.165) is 0 Å². The lowest BCUT2D eigenvalue weighted by Crippen LogP contribution is -2.09. The van der Waals surface area contributed by atoms with E-state index in [1.54, 1.807) is 0 Å². The molecular formula is C23H23N. The number of benzene rings is 4. The average Bonchev–Trinajstić information content (AvgIpc) is 2.69. The molecule has 120 valence electrons. The quantitative estimate of drug-likeness (QED) is 0.368. The fourth-order valence-electron chi connectivity index (χ4n) is 3.10. The third-order valence-corrected chi connectivity index (χ3v) is 4.25. The van der Waals surface area contributed by atoms with Crippen LogP contribution in [0.4, 0.5) is 11.4 Å². The maximum absolute atomic E-state index is 2.28. The van der Waals surface area contributed by atoms with Crippen molar-refractivity contribution in [3.8, 4) is 0 Å². The minimum atomic E-state index is 1.20. The first kappa shape index (κ1) is 16.1. The Morgan fingerprint density at radius 1 is 0.583 bits per heavy atom. The molecule has 0 spiro atoms. The molecule has 0 heterocycles. The number of nitrogens with zero attached hydrogens (tertiary/aromatic N) is 1. The minimum absolute atomic E-state index is 1.20. The van der Waals surface area contributed by atoms with E-state index in [-0.39, 0.29) is 0 Å². The number of anilines is 2. The van der Waals surface area contributed by atoms with Crippen LogP contribution in [0.1, 0.15) is 13.8 Å². The zero-order chi connectivity index (χ0) is 16.9. The lowest BCUT2D eigenvalue weighted by Gasteiger charge is -2.22. The number of hydrogen-bond donors (Lipinski definition) is 0. The van der Waals surface area contributed by atoms with Gasteiger partial charge in [-0.1, -0.05) is 80.6 Å². The van der Waals surface area contributed by atoms with Gasteiger partial charge in [-0.25, -0.2) is 0 Å². The molecule has 0 aliphatic carbocycles. The molecule has 0 fully saturated rings. The van der Waals surface area contributed by atoms with Crippen molar-refractivity contribution in [1.82, 2.24) is 0 Å². The molecule has 0 radical (unpaired) electrons. The lowest BCUT2D eigenvalue weighted by molar-refractivity contribution is 1.22. The molecule has 0 aliphatic heterocycles. The van der Waals surface area contributed by atoms with Gasteiger partial charge < -0.3 is 4.90 Å². The minimum Gasteiger partial charge on any atom is -0.344 e. The van der Waals surface area contributed by atoms with Gasteiger partial charge in [0.05, 0.1) is 0 Å². The molecule has 0 aliphatic rings. The molecule has 0 saturated carbocycles. The van der Waals surface area contributed by atoms with Crippen LogP contribution in [0.15, 0.2) is 84.9 Å². The molecule has 0 unspecified atom stereocenters. The topological polar surface area (TPSA) is 3.24 Å². The summed E-state index contributed by atoms with van der Waals surface area (Å²) in [6.45, 7) is 4.00. The van der Waals surface area contributed by atoms with E-state index in [0.29, 0.717) is 0 Å². The van der Waals surface area contributed by atoms with Crippen LogP contribution >= 0.6 is 0 Å². The van der Waals surface area contributed by atoms with Crippen LogP contribution in [0.5, 0.6) is 0 Å². The first-order valence-electron chi connectivity index (χ1n) is 8.54. The molecule has 0 bridgehead atoms. The third-order valence-electron chi connectivity index (χ3n) is 4.25. The second-order valence-electron chi connectivity index (χ2n) is 5.56. The largest absolute Gasteiger partial charge is 0.344 e. The summed E-state index contributed by atoms with van der Waals surface area (Å²) in [5, 5.41) is 5.17. The molecule has 1 nitrogen and oxygen atoms in total. The van der Waals surface area contributed by atoms with Crippen LogP contribution in [0.2, 0.25) is 0 Å². The van der Waals surface area contributed by atoms with E-state index in [1.165, 1.54) is 32.9 Å². The second kappa shape index (κ2) is 7.18. The third kappa shape index (κ3) is 2.85. The number of fused-ring (bicyclic) bond motifs is 3. The van der Waals surface area contributed by atoms with Crippen molar-refractivity contribution in [1.29, 1.82) is 0 Å². The van der Waals surface area contributed by atoms with E-state index in [4.69, 9.17) is 0 Å². The van der Waals surface area contributed by atoms with E-state index in [1.807, 2.05) is 13.8 Å². The Balaban J connectivity index is 0.000000815. The summed E-state index contributed by atoms with van der Waals surface area (Å²) >= 11 is 0. The van der Waals surface area contributed by atoms with Crippen LogP contribution in [-0.4, -0.2) is 7.05 Å². The molecule has 24 heavy (non-hydrogen) atoms. The van der Waals surface area contributed by atoms with Crippen LogP contribution < -0.4 is 4.90 Å². The van der Waals surface area contributed by atoms with E-state index in [9.17, 15) is 0 Å². The predicted molar refractivity (Wildman–Crippen MR) is 107 cm³/mol. The molecular weight excluding hydrogens is 290 g/mol. The summed E-state index contributed by atoms with van der Waals surface area (Å²) in [6.07, 6.45) is 0. The summed E-state index contributed by atoms with van der Waals surface area (Å²) in [5.41, 5.74) is 2.43. The van der Waals surface area contributed by atoms with Crippen LogP contribution in [0.25, 0.3) is 21.5 Å². The van der Waals surface area contributed by atoms with Gasteiger partial charge in [0.2, 0.25) is 0 Å². The molecule has 0 saturated heterocycles. The van der Waals surface area contributed by atoms with E-state index >= 15 is 0 Å². The predicted octanol–water partition coefficient (Wildman–Crippen LogP) is 6.79. The zero-order valence-corrected chi connectivity index (χ0v) is 14.5. The van der Waals surface area contributed by atoms with Crippen molar-refractivity contribution in [2.24, 2.45) is 0 Å². The molecule has 1 heteroatoms. The molecule has 4 aromatic rings. The van der Waals surface area contributed by atoms with Crippen molar-refractivity contribution in [3.63, 3.8) is 0 Å². The highest BCUT2D eigenvalue weighted by atomic mass is 15.1. The number of rotatable bonds is 2. The molecule has 4 aromatic carbocycles. The zero-order valence-electron chi connectivity index (χ0n) is 14.5. The molecule has 0 N–H and O–H groups in total. The van der Waals surface area contributed by atoms with Gasteiger partial charge >= 0.3 is 0 Å². The summed E-state index contributed by atoms with van der Waals surface area (Å²) in [7, 11) is 2.13. The number of para-hydroxylation sites is 1. The first-order valence-corrected chi connectivity index (χ1v) is 8.54. The Bertz CT molecular complexity index is 942. The Morgan fingerprint density at radius 3 is 1.83 bits per heavy atom. The van der Waals surface area contributed by atoms with Gasteiger partial charge in [0.1, 0.15) is 0 Å². The highest BCUT2D eigenvalue weighted by Gasteiger charge is 2.10. The Morgan fingerprint density at radius 2 is 1.12 bits per heavy atom. The summed E-state index contributed by atoms with van der Waals surface area (Å²) in [4.78, 5) is 2.26. The lowest BCUT2D eigenvalue weighted by atomic mass is 9.99. The molecule has 0 aromatic heterocycles. The second-order valence-corrected chi connectivity index (χ2v) is 5.56. The molecule has 0 amide bonds. The summed E-state index contributed by atoms with van der Waals surface area (Å²) < 4.78 is 0. The van der Waals surface area contributed by atoms with Gasteiger partial charge in [-0.2, -0.15) is 0 Å². The fraction of sp³-hybridized carbons (Fsp3) is 0.130. The highest BCUT2D eigenvalue weighted by molar-refractivity contribution is 6.13. The summed E-state index contributed by atoms with van der Waals surface area (Å²) in [6, 6.07) is 30.0. The maximum atomic E-state index is 2.28. The molecule has 4 rings (SSSR count). The average molecular weight is 313 g/mol. The van der Waals surface area contributed by atoms with Gasteiger partial charge in [-0.3, -0.25) is 0 Å². The Hall–Kier alpha value is -2.80. The van der Waals surface area contributed by atoms with Gasteiger partial charge in [-0.15, -0.1) is 0 Å². The van der Waals surface area contributed by atoms with E-state index < -0.39 is 0 Å². The smallest absolute Gasteiger partial charge is 0.0494 e. The number of hydrogen-bond acceptors (Lipinski definition) is 1. The van der Waals surface area contributed by atoms with Crippen LogP contribution in [0, 0.1) is 0 Å². The van der Waals surface area contributed by atoms with Gasteiger partial charge in [0.25, 0.3) is 0 Å². The van der Waals surface area contributed by atoms with E-state index in [2.05, 4.69) is 96.9 Å². The molecule has 0 atom stereocenters. The van der Waals surface area contributed by atoms with Crippen LogP contribution in [0.3, 0.4) is 0 Å². The van der Waals surface area contributed by atoms with Crippen molar-refractivity contribution in [2.75, 3.05) is 11.9 Å². The van der Waals surface area contributed by atoms with Crippen molar-refractivity contribution < 1.29 is 0 Å². The Labute approximate surface area is 144 Å². The SMILES string of the molecule is CC.CN(c1ccccc1)c1cc2ccccc2c2ccccc12. The normalized spacial score (nSPS) is 10.3. The maximum Gasteiger partial charge on any atom is 0.0494 e. The van der Waals surface area contributed by atoms with Gasteiger partial charge in [0.15, 0.2) is 0 Å². The highest BCUT2D eigenvalue weighted by Crippen LogP contribution is 2.36. The fourth-order valence-corrected chi connectivity index (χ4v) is 3.10. The van der Waals surface area contributed by atoms with Crippen LogP contribution in [-0.2, 0) is 0 Å². The summed E-state index contributed by atoms with van der Waals surface area (Å²) in [5.74, 6) is 0. The van der Waals surface area contributed by atoms with Gasteiger partial charge in [-0.05, 0) is 34.4 Å². The first-order chi connectivity index (χ1) is 11.8. The van der Waals surface area contributed by atoms with Crippen molar-refractivity contribution >= 4 is 32.9 Å². The monoisotopic (exact) mass is 313 g/mol.